The Morgan fingerprint density at radius 2 is 2.00 bits per heavy atom. The monoisotopic (exact) mass is 318 g/mol. The molecule has 98 valence electrons. The molecule has 4 heteroatoms. The molecular weight excluding hydrogens is 304 g/mol. The molecule has 0 aliphatic carbocycles. The van der Waals surface area contributed by atoms with Crippen molar-refractivity contribution in [3.63, 3.8) is 0 Å². The zero-order valence-corrected chi connectivity index (χ0v) is 12.2. The summed E-state index contributed by atoms with van der Waals surface area (Å²) in [5.41, 5.74) is 8.70. The van der Waals surface area contributed by atoms with Gasteiger partial charge in [-0.05, 0) is 36.2 Å². The molecule has 1 amide bonds. The van der Waals surface area contributed by atoms with Gasteiger partial charge in [0, 0.05) is 15.8 Å². The van der Waals surface area contributed by atoms with Gasteiger partial charge in [-0.15, -0.1) is 0 Å². The van der Waals surface area contributed by atoms with Gasteiger partial charge in [-0.1, -0.05) is 41.1 Å². The molecule has 0 heterocycles. The second-order valence-electron chi connectivity index (χ2n) is 4.20. The van der Waals surface area contributed by atoms with Crippen LogP contribution < -0.4 is 11.1 Å². The number of nitrogens with two attached hydrogens (primary N) is 1. The van der Waals surface area contributed by atoms with Crippen LogP contribution >= 0.6 is 15.9 Å². The summed E-state index contributed by atoms with van der Waals surface area (Å²) in [7, 11) is 0. The predicted octanol–water partition coefficient (Wildman–Crippen LogP) is 3.85. The van der Waals surface area contributed by atoms with Crippen molar-refractivity contribution in [2.45, 2.75) is 13.3 Å². The summed E-state index contributed by atoms with van der Waals surface area (Å²) in [5, 5.41) is 2.91. The number of nitrogen functional groups attached to an aromatic ring is 1. The molecule has 0 radical (unpaired) electrons. The summed E-state index contributed by atoms with van der Waals surface area (Å²) < 4.78 is 0.829. The number of carbonyl (C=O) groups is 1. The van der Waals surface area contributed by atoms with E-state index in [0.717, 1.165) is 22.1 Å². The normalized spacial score (nSPS) is 10.2. The minimum Gasteiger partial charge on any atom is -0.398 e. The zero-order chi connectivity index (χ0) is 13.8. The summed E-state index contributed by atoms with van der Waals surface area (Å²) in [5.74, 6) is -0.195. The lowest BCUT2D eigenvalue weighted by Crippen LogP contribution is -2.15. The van der Waals surface area contributed by atoms with Gasteiger partial charge in [0.2, 0.25) is 0 Å². The van der Waals surface area contributed by atoms with Gasteiger partial charge in [-0.3, -0.25) is 4.79 Å². The standard InChI is InChI=1S/C15H15BrN2O/c1-2-10-5-3-4-6-14(10)18-15(19)12-9-11(16)7-8-13(12)17/h3-9H,2,17H2,1H3,(H,18,19). The highest BCUT2D eigenvalue weighted by molar-refractivity contribution is 9.10. The Bertz CT molecular complexity index is 611. The summed E-state index contributed by atoms with van der Waals surface area (Å²) >= 11 is 3.34. The van der Waals surface area contributed by atoms with Crippen LogP contribution in [0.3, 0.4) is 0 Å². The Hall–Kier alpha value is -1.81. The number of hydrogen-bond acceptors (Lipinski definition) is 2. The van der Waals surface area contributed by atoms with Crippen molar-refractivity contribution >= 4 is 33.2 Å². The first-order valence-electron chi connectivity index (χ1n) is 6.06. The van der Waals surface area contributed by atoms with Crippen LogP contribution in [0.4, 0.5) is 11.4 Å². The zero-order valence-electron chi connectivity index (χ0n) is 10.6. The van der Waals surface area contributed by atoms with Gasteiger partial charge >= 0.3 is 0 Å². The van der Waals surface area contributed by atoms with Crippen molar-refractivity contribution in [2.75, 3.05) is 11.1 Å². The molecule has 3 N–H and O–H groups in total. The molecule has 0 saturated carbocycles. The lowest BCUT2D eigenvalue weighted by atomic mass is 10.1. The van der Waals surface area contributed by atoms with Crippen LogP contribution in [0.15, 0.2) is 46.9 Å². The van der Waals surface area contributed by atoms with E-state index >= 15 is 0 Å². The van der Waals surface area contributed by atoms with E-state index in [1.54, 1.807) is 12.1 Å². The Balaban J connectivity index is 2.28. The highest BCUT2D eigenvalue weighted by Gasteiger charge is 2.11. The maximum atomic E-state index is 12.2. The summed E-state index contributed by atoms with van der Waals surface area (Å²) in [6, 6.07) is 13.0. The number of halogens is 1. The average Bonchev–Trinajstić information content (AvgIpc) is 2.42. The highest BCUT2D eigenvalue weighted by Crippen LogP contribution is 2.21. The third kappa shape index (κ3) is 3.15. The number of benzene rings is 2. The fraction of sp³-hybridized carbons (Fsp3) is 0.133. The first kappa shape index (κ1) is 13.6. The van der Waals surface area contributed by atoms with Gasteiger partial charge < -0.3 is 11.1 Å². The quantitative estimate of drug-likeness (QED) is 0.845. The number of amides is 1. The van der Waals surface area contributed by atoms with Crippen LogP contribution in [0.1, 0.15) is 22.8 Å². The van der Waals surface area contributed by atoms with E-state index in [9.17, 15) is 4.79 Å². The summed E-state index contributed by atoms with van der Waals surface area (Å²) in [6.07, 6.45) is 0.865. The molecule has 0 bridgehead atoms. The second kappa shape index (κ2) is 5.89. The van der Waals surface area contributed by atoms with Crippen LogP contribution in [-0.2, 0) is 6.42 Å². The molecule has 2 rings (SSSR count). The van der Waals surface area contributed by atoms with Crippen LogP contribution in [0.5, 0.6) is 0 Å². The third-order valence-corrected chi connectivity index (χ3v) is 3.40. The molecule has 0 aliphatic rings. The second-order valence-corrected chi connectivity index (χ2v) is 5.11. The lowest BCUT2D eigenvalue weighted by molar-refractivity contribution is 0.102. The minimum absolute atomic E-state index is 0.195. The van der Waals surface area contributed by atoms with E-state index in [4.69, 9.17) is 5.73 Å². The Morgan fingerprint density at radius 3 is 2.74 bits per heavy atom. The maximum Gasteiger partial charge on any atom is 0.257 e. The molecule has 0 fully saturated rings. The Morgan fingerprint density at radius 1 is 1.26 bits per heavy atom. The molecule has 0 saturated heterocycles. The van der Waals surface area contributed by atoms with Crippen LogP contribution in [0.2, 0.25) is 0 Å². The molecule has 0 spiro atoms. The fourth-order valence-electron chi connectivity index (χ4n) is 1.87. The number of aryl methyl sites for hydroxylation is 1. The van der Waals surface area contributed by atoms with Gasteiger partial charge in [0.05, 0.1) is 5.56 Å². The van der Waals surface area contributed by atoms with E-state index in [1.165, 1.54) is 0 Å². The largest absolute Gasteiger partial charge is 0.398 e. The van der Waals surface area contributed by atoms with Crippen molar-refractivity contribution in [3.05, 3.63) is 58.1 Å². The molecular formula is C15H15BrN2O. The van der Waals surface area contributed by atoms with E-state index in [2.05, 4.69) is 28.2 Å². The SMILES string of the molecule is CCc1ccccc1NC(=O)c1cc(Br)ccc1N. The van der Waals surface area contributed by atoms with Crippen molar-refractivity contribution in [1.29, 1.82) is 0 Å². The van der Waals surface area contributed by atoms with E-state index < -0.39 is 0 Å². The van der Waals surface area contributed by atoms with Crippen molar-refractivity contribution in [2.24, 2.45) is 0 Å². The van der Waals surface area contributed by atoms with Gasteiger partial charge in [-0.2, -0.15) is 0 Å². The van der Waals surface area contributed by atoms with E-state index in [1.807, 2.05) is 30.3 Å². The molecule has 3 nitrogen and oxygen atoms in total. The first-order chi connectivity index (χ1) is 9.11. The first-order valence-corrected chi connectivity index (χ1v) is 6.85. The van der Waals surface area contributed by atoms with Gasteiger partial charge in [-0.25, -0.2) is 0 Å². The number of anilines is 2. The van der Waals surface area contributed by atoms with Crippen LogP contribution in [-0.4, -0.2) is 5.91 Å². The Kier molecular flexibility index (Phi) is 4.22. The molecule has 0 aromatic heterocycles. The lowest BCUT2D eigenvalue weighted by Gasteiger charge is -2.11. The average molecular weight is 319 g/mol. The molecule has 2 aromatic rings. The molecule has 0 atom stereocenters. The molecule has 2 aromatic carbocycles. The van der Waals surface area contributed by atoms with Crippen LogP contribution in [0, 0.1) is 0 Å². The van der Waals surface area contributed by atoms with Gasteiger partial charge in [0.1, 0.15) is 0 Å². The number of carbonyl (C=O) groups excluding carboxylic acids is 1. The van der Waals surface area contributed by atoms with Gasteiger partial charge in [0.25, 0.3) is 5.91 Å². The van der Waals surface area contributed by atoms with Crippen LogP contribution in [0.25, 0.3) is 0 Å². The minimum atomic E-state index is -0.195. The number of nitrogens with one attached hydrogen (secondary N) is 1. The number of rotatable bonds is 3. The maximum absolute atomic E-state index is 12.2. The molecule has 0 aliphatic heterocycles. The predicted molar refractivity (Wildman–Crippen MR) is 82.3 cm³/mol. The fourth-order valence-corrected chi connectivity index (χ4v) is 2.23. The van der Waals surface area contributed by atoms with Crippen molar-refractivity contribution in [3.8, 4) is 0 Å². The van der Waals surface area contributed by atoms with E-state index in [-0.39, 0.29) is 5.91 Å². The topological polar surface area (TPSA) is 55.1 Å². The summed E-state index contributed by atoms with van der Waals surface area (Å²) in [6.45, 7) is 2.05. The third-order valence-electron chi connectivity index (χ3n) is 2.91. The molecule has 0 unspecified atom stereocenters. The number of hydrogen-bond donors (Lipinski definition) is 2. The van der Waals surface area contributed by atoms with Crippen molar-refractivity contribution in [1.82, 2.24) is 0 Å². The van der Waals surface area contributed by atoms with Crippen molar-refractivity contribution < 1.29 is 4.79 Å². The number of para-hydroxylation sites is 1. The highest BCUT2D eigenvalue weighted by atomic mass is 79.9. The molecule has 19 heavy (non-hydrogen) atoms. The van der Waals surface area contributed by atoms with Gasteiger partial charge in [0.15, 0.2) is 0 Å². The Labute approximate surface area is 121 Å². The summed E-state index contributed by atoms with van der Waals surface area (Å²) in [4.78, 5) is 12.2. The smallest absolute Gasteiger partial charge is 0.257 e. The van der Waals surface area contributed by atoms with E-state index in [0.29, 0.717) is 11.3 Å².